The molecule has 0 bridgehead atoms. The van der Waals surface area contributed by atoms with Crippen LogP contribution in [0.4, 0.5) is 11.4 Å². The van der Waals surface area contributed by atoms with Crippen molar-refractivity contribution in [2.75, 3.05) is 11.1 Å². The summed E-state index contributed by atoms with van der Waals surface area (Å²) in [6, 6.07) is 4.35. The Hall–Kier alpha value is -1.64. The van der Waals surface area contributed by atoms with Crippen LogP contribution in [0.15, 0.2) is 34.8 Å². The van der Waals surface area contributed by atoms with Gasteiger partial charge in [-0.15, -0.1) is 11.3 Å². The van der Waals surface area contributed by atoms with Crippen LogP contribution in [0.2, 0.25) is 0 Å². The Labute approximate surface area is 109 Å². The molecule has 0 saturated heterocycles. The maximum absolute atomic E-state index is 11.1. The molecular weight excluding hydrogens is 272 g/mol. The number of hydrogen-bond donors (Lipinski definition) is 3. The van der Waals surface area contributed by atoms with Gasteiger partial charge in [-0.25, -0.2) is 13.6 Å². The highest BCUT2D eigenvalue weighted by Gasteiger charge is 2.09. The number of nitrogen functional groups attached to an aromatic ring is 1. The van der Waals surface area contributed by atoms with E-state index in [9.17, 15) is 8.42 Å². The smallest absolute Gasteiger partial charge is 0.238 e. The fourth-order valence-electron chi connectivity index (χ4n) is 1.39. The number of nitrogens with two attached hydrogens (primary N) is 2. The van der Waals surface area contributed by atoms with Crippen molar-refractivity contribution in [2.45, 2.75) is 11.4 Å². The fourth-order valence-corrected chi connectivity index (χ4v) is 2.47. The van der Waals surface area contributed by atoms with Crippen molar-refractivity contribution in [1.29, 1.82) is 0 Å². The van der Waals surface area contributed by atoms with E-state index in [0.717, 1.165) is 4.88 Å². The standard InChI is InChI=1S/C10H12N4O2S2/c11-9-3-8(18(12,15)16)1-2-10(9)14-5-7-4-13-6-17-7/h1-4,6,14H,5,11H2,(H2,12,15,16). The molecule has 6 nitrogen and oxygen atoms in total. The molecule has 1 aromatic carbocycles. The van der Waals surface area contributed by atoms with Crippen LogP contribution in [-0.4, -0.2) is 13.4 Å². The molecule has 0 amide bonds. The van der Waals surface area contributed by atoms with Crippen molar-refractivity contribution >= 4 is 32.7 Å². The van der Waals surface area contributed by atoms with E-state index in [2.05, 4.69) is 10.3 Å². The minimum Gasteiger partial charge on any atom is -0.397 e. The Bertz CT molecular complexity index is 638. The molecule has 0 atom stereocenters. The van der Waals surface area contributed by atoms with Crippen molar-refractivity contribution in [3.8, 4) is 0 Å². The molecule has 1 aromatic heterocycles. The van der Waals surface area contributed by atoms with Gasteiger partial charge in [-0.2, -0.15) is 0 Å². The second kappa shape index (κ2) is 4.92. The van der Waals surface area contributed by atoms with Gasteiger partial charge in [0.25, 0.3) is 0 Å². The second-order valence-corrected chi connectivity index (χ2v) is 6.15. The van der Waals surface area contributed by atoms with E-state index in [4.69, 9.17) is 10.9 Å². The van der Waals surface area contributed by atoms with Crippen molar-refractivity contribution in [3.63, 3.8) is 0 Å². The molecule has 0 unspecified atom stereocenters. The predicted octanol–water partition coefficient (Wildman–Crippen LogP) is 0.985. The quantitative estimate of drug-likeness (QED) is 0.725. The maximum Gasteiger partial charge on any atom is 0.238 e. The van der Waals surface area contributed by atoms with Crippen LogP contribution in [0.5, 0.6) is 0 Å². The Kier molecular flexibility index (Phi) is 3.50. The van der Waals surface area contributed by atoms with E-state index in [-0.39, 0.29) is 4.90 Å². The van der Waals surface area contributed by atoms with E-state index in [1.54, 1.807) is 17.8 Å². The Morgan fingerprint density at radius 1 is 1.39 bits per heavy atom. The number of aromatic nitrogens is 1. The van der Waals surface area contributed by atoms with E-state index in [0.29, 0.717) is 17.9 Å². The summed E-state index contributed by atoms with van der Waals surface area (Å²) in [4.78, 5) is 5.02. The molecule has 0 fully saturated rings. The van der Waals surface area contributed by atoms with Gasteiger partial charge in [-0.3, -0.25) is 4.98 Å². The molecule has 96 valence electrons. The zero-order valence-electron chi connectivity index (χ0n) is 9.33. The number of thiazole rings is 1. The number of sulfonamides is 1. The van der Waals surface area contributed by atoms with Gasteiger partial charge in [-0.05, 0) is 18.2 Å². The summed E-state index contributed by atoms with van der Waals surface area (Å²) in [6.45, 7) is 0.587. The zero-order valence-corrected chi connectivity index (χ0v) is 11.0. The van der Waals surface area contributed by atoms with Crippen molar-refractivity contribution in [1.82, 2.24) is 4.98 Å². The van der Waals surface area contributed by atoms with Crippen molar-refractivity contribution in [2.24, 2.45) is 5.14 Å². The number of benzene rings is 1. The third-order valence-corrected chi connectivity index (χ3v) is 3.98. The number of primary sulfonamides is 1. The van der Waals surface area contributed by atoms with Gasteiger partial charge in [-0.1, -0.05) is 0 Å². The summed E-state index contributed by atoms with van der Waals surface area (Å²) < 4.78 is 22.3. The molecule has 2 aromatic rings. The molecule has 0 aliphatic rings. The summed E-state index contributed by atoms with van der Waals surface area (Å²) in [6.07, 6.45) is 1.76. The summed E-state index contributed by atoms with van der Waals surface area (Å²) >= 11 is 1.53. The highest BCUT2D eigenvalue weighted by atomic mass is 32.2. The molecule has 8 heteroatoms. The average molecular weight is 284 g/mol. The lowest BCUT2D eigenvalue weighted by atomic mass is 10.2. The normalized spacial score (nSPS) is 11.4. The van der Waals surface area contributed by atoms with Gasteiger partial charge in [0.1, 0.15) is 0 Å². The lowest BCUT2D eigenvalue weighted by Crippen LogP contribution is -2.13. The fraction of sp³-hybridized carbons (Fsp3) is 0.100. The van der Waals surface area contributed by atoms with Crippen molar-refractivity contribution in [3.05, 3.63) is 34.8 Å². The second-order valence-electron chi connectivity index (χ2n) is 3.62. The van der Waals surface area contributed by atoms with Crippen LogP contribution in [0.1, 0.15) is 4.88 Å². The van der Waals surface area contributed by atoms with Gasteiger partial charge in [0.05, 0.1) is 28.3 Å². The Balaban J connectivity index is 2.15. The summed E-state index contributed by atoms with van der Waals surface area (Å²) in [5, 5.41) is 8.12. The predicted molar refractivity (Wildman–Crippen MR) is 71.7 cm³/mol. The van der Waals surface area contributed by atoms with Crippen LogP contribution in [0.25, 0.3) is 0 Å². The van der Waals surface area contributed by atoms with Gasteiger partial charge < -0.3 is 11.1 Å². The Morgan fingerprint density at radius 2 is 2.17 bits per heavy atom. The lowest BCUT2D eigenvalue weighted by molar-refractivity contribution is 0.598. The molecular formula is C10H12N4O2S2. The van der Waals surface area contributed by atoms with E-state index >= 15 is 0 Å². The highest BCUT2D eigenvalue weighted by Crippen LogP contribution is 2.22. The molecule has 0 aliphatic carbocycles. The first kappa shape index (κ1) is 12.8. The summed E-state index contributed by atoms with van der Waals surface area (Å²) in [5.74, 6) is 0. The SMILES string of the molecule is Nc1cc(S(N)(=O)=O)ccc1NCc1cncs1. The number of anilines is 2. The number of nitrogens with one attached hydrogen (secondary N) is 1. The molecule has 2 rings (SSSR count). The minimum absolute atomic E-state index is 0.00309. The highest BCUT2D eigenvalue weighted by molar-refractivity contribution is 7.89. The number of rotatable bonds is 4. The summed E-state index contributed by atoms with van der Waals surface area (Å²) in [5.41, 5.74) is 8.51. The minimum atomic E-state index is -3.72. The van der Waals surface area contributed by atoms with Gasteiger partial charge in [0, 0.05) is 11.1 Å². The van der Waals surface area contributed by atoms with E-state index < -0.39 is 10.0 Å². The Morgan fingerprint density at radius 3 is 2.72 bits per heavy atom. The molecule has 0 spiro atoms. The first-order valence-corrected chi connectivity index (χ1v) is 7.43. The average Bonchev–Trinajstić information content (AvgIpc) is 2.79. The first-order chi connectivity index (χ1) is 8.47. The molecule has 18 heavy (non-hydrogen) atoms. The largest absolute Gasteiger partial charge is 0.397 e. The first-order valence-electron chi connectivity index (χ1n) is 5.00. The maximum atomic E-state index is 11.1. The van der Waals surface area contributed by atoms with Gasteiger partial charge in [0.15, 0.2) is 0 Å². The topological polar surface area (TPSA) is 111 Å². The molecule has 0 saturated carbocycles. The van der Waals surface area contributed by atoms with Crippen LogP contribution in [0.3, 0.4) is 0 Å². The molecule has 5 N–H and O–H groups in total. The lowest BCUT2D eigenvalue weighted by Gasteiger charge is -2.09. The zero-order chi connectivity index (χ0) is 13.2. The number of nitrogens with zero attached hydrogens (tertiary/aromatic N) is 1. The van der Waals surface area contributed by atoms with Crippen LogP contribution >= 0.6 is 11.3 Å². The molecule has 1 heterocycles. The van der Waals surface area contributed by atoms with E-state index in [1.807, 2.05) is 0 Å². The van der Waals surface area contributed by atoms with Crippen LogP contribution < -0.4 is 16.2 Å². The van der Waals surface area contributed by atoms with E-state index in [1.165, 1.54) is 23.5 Å². The third-order valence-electron chi connectivity index (χ3n) is 2.29. The van der Waals surface area contributed by atoms with Gasteiger partial charge >= 0.3 is 0 Å². The monoisotopic (exact) mass is 284 g/mol. The van der Waals surface area contributed by atoms with Crippen LogP contribution in [-0.2, 0) is 16.6 Å². The molecule has 0 aliphatic heterocycles. The molecule has 0 radical (unpaired) electrons. The van der Waals surface area contributed by atoms with Gasteiger partial charge in [0.2, 0.25) is 10.0 Å². The third kappa shape index (κ3) is 2.97. The number of hydrogen-bond acceptors (Lipinski definition) is 6. The van der Waals surface area contributed by atoms with Crippen molar-refractivity contribution < 1.29 is 8.42 Å². The van der Waals surface area contributed by atoms with Crippen LogP contribution in [0, 0.1) is 0 Å². The summed E-state index contributed by atoms with van der Waals surface area (Å²) in [7, 11) is -3.72.